The van der Waals surface area contributed by atoms with Crippen molar-refractivity contribution < 1.29 is 19.0 Å². The van der Waals surface area contributed by atoms with Crippen LogP contribution in [0.1, 0.15) is 32.1 Å². The Labute approximate surface area is 107 Å². The summed E-state index contributed by atoms with van der Waals surface area (Å²) in [6.45, 7) is 4.51. The van der Waals surface area contributed by atoms with Crippen molar-refractivity contribution in [3.05, 3.63) is 12.3 Å². The highest BCUT2D eigenvalue weighted by atomic mass is 16.7. The van der Waals surface area contributed by atoms with E-state index in [9.17, 15) is 4.79 Å². The molecule has 1 saturated heterocycles. The molecule has 5 nitrogen and oxygen atoms in total. The average Bonchev–Trinajstić information content (AvgIpc) is 2.42. The van der Waals surface area contributed by atoms with E-state index in [0.717, 1.165) is 25.7 Å². The third-order valence-electron chi connectivity index (χ3n) is 3.89. The molecular weight excluding hydrogens is 234 g/mol. The van der Waals surface area contributed by atoms with Gasteiger partial charge in [0.05, 0.1) is 20.3 Å². The Morgan fingerprint density at radius 1 is 1.28 bits per heavy atom. The van der Waals surface area contributed by atoms with Crippen LogP contribution in [-0.4, -0.2) is 38.1 Å². The Bertz CT molecular complexity index is 313. The normalized spacial score (nSPS) is 25.4. The van der Waals surface area contributed by atoms with Gasteiger partial charge in [-0.05, 0) is 12.8 Å². The maximum atomic E-state index is 10.7. The van der Waals surface area contributed by atoms with E-state index in [1.165, 1.54) is 13.5 Å². The minimum Gasteiger partial charge on any atom is -0.499 e. The van der Waals surface area contributed by atoms with Crippen LogP contribution in [0, 0.1) is 0 Å². The molecule has 1 aliphatic heterocycles. The lowest BCUT2D eigenvalue weighted by Gasteiger charge is -2.47. The van der Waals surface area contributed by atoms with Gasteiger partial charge in [0.15, 0.2) is 5.79 Å². The summed E-state index contributed by atoms with van der Waals surface area (Å²) in [6, 6.07) is 0. The molecule has 0 aromatic rings. The molecule has 0 aromatic carbocycles. The highest BCUT2D eigenvalue weighted by Crippen LogP contribution is 2.38. The molecule has 102 valence electrons. The molecule has 18 heavy (non-hydrogen) atoms. The Kier molecular flexibility index (Phi) is 3.92. The monoisotopic (exact) mass is 255 g/mol. The van der Waals surface area contributed by atoms with E-state index in [4.69, 9.17) is 14.2 Å². The number of carbonyl (C=O) groups is 1. The van der Waals surface area contributed by atoms with Crippen LogP contribution in [0.4, 0.5) is 0 Å². The molecule has 0 unspecified atom stereocenters. The number of hydrogen-bond acceptors (Lipinski definition) is 4. The number of carbonyl (C=O) groups excluding carboxylic acids is 1. The van der Waals surface area contributed by atoms with Crippen LogP contribution < -0.4 is 5.32 Å². The predicted octanol–water partition coefficient (Wildman–Crippen LogP) is 1.34. The van der Waals surface area contributed by atoms with Crippen molar-refractivity contribution >= 4 is 6.41 Å². The number of amides is 1. The van der Waals surface area contributed by atoms with Crippen molar-refractivity contribution in [3.63, 3.8) is 0 Å². The quantitative estimate of drug-likeness (QED) is 0.608. The zero-order chi connectivity index (χ0) is 13.1. The SMILES string of the molecule is C=C(OC)C1(NC=O)COC2(CCCCC2)OC1. The third kappa shape index (κ3) is 2.37. The summed E-state index contributed by atoms with van der Waals surface area (Å²) in [7, 11) is 1.53. The van der Waals surface area contributed by atoms with Gasteiger partial charge in [-0.2, -0.15) is 0 Å². The van der Waals surface area contributed by atoms with Gasteiger partial charge in [-0.1, -0.05) is 13.0 Å². The van der Waals surface area contributed by atoms with E-state index in [0.29, 0.717) is 25.4 Å². The minimum absolute atomic E-state index is 0.346. The summed E-state index contributed by atoms with van der Waals surface area (Å²) in [5.74, 6) is 0.000573. The molecule has 0 radical (unpaired) electrons. The van der Waals surface area contributed by atoms with Gasteiger partial charge >= 0.3 is 0 Å². The number of hydrogen-bond donors (Lipinski definition) is 1. The van der Waals surface area contributed by atoms with Crippen LogP contribution in [0.3, 0.4) is 0 Å². The van der Waals surface area contributed by atoms with Gasteiger partial charge in [0.1, 0.15) is 11.3 Å². The standard InChI is InChI=1S/C13H21NO4/c1-11(16-2)12(14-10-15)8-17-13(18-9-12)6-4-3-5-7-13/h10H,1,3-9H2,2H3,(H,14,15). The van der Waals surface area contributed by atoms with Crippen molar-refractivity contribution in [1.82, 2.24) is 5.32 Å². The summed E-state index contributed by atoms with van der Waals surface area (Å²) in [4.78, 5) is 10.7. The first-order valence-electron chi connectivity index (χ1n) is 6.39. The van der Waals surface area contributed by atoms with Gasteiger partial charge in [-0.25, -0.2) is 0 Å². The lowest BCUT2D eigenvalue weighted by atomic mass is 9.91. The lowest BCUT2D eigenvalue weighted by Crippen LogP contribution is -2.61. The summed E-state index contributed by atoms with van der Waals surface area (Å²) in [6.07, 6.45) is 5.96. The zero-order valence-corrected chi connectivity index (χ0v) is 10.9. The second-order valence-corrected chi connectivity index (χ2v) is 5.02. The van der Waals surface area contributed by atoms with Crippen molar-refractivity contribution in [1.29, 1.82) is 0 Å². The smallest absolute Gasteiger partial charge is 0.208 e. The maximum absolute atomic E-state index is 10.7. The number of methoxy groups -OCH3 is 1. The maximum Gasteiger partial charge on any atom is 0.208 e. The molecule has 0 aromatic heterocycles. The van der Waals surface area contributed by atoms with Gasteiger partial charge in [0.25, 0.3) is 0 Å². The Morgan fingerprint density at radius 2 is 1.89 bits per heavy atom. The summed E-state index contributed by atoms with van der Waals surface area (Å²) in [5.41, 5.74) is -0.765. The van der Waals surface area contributed by atoms with E-state index in [1.807, 2.05) is 0 Å². The third-order valence-corrected chi connectivity index (χ3v) is 3.89. The van der Waals surface area contributed by atoms with Crippen molar-refractivity contribution in [2.75, 3.05) is 20.3 Å². The fourth-order valence-electron chi connectivity index (χ4n) is 2.60. The molecule has 1 N–H and O–H groups in total. The highest BCUT2D eigenvalue weighted by Gasteiger charge is 2.47. The molecule has 1 amide bonds. The van der Waals surface area contributed by atoms with Gasteiger partial charge < -0.3 is 19.5 Å². The van der Waals surface area contributed by atoms with Gasteiger partial charge in [-0.15, -0.1) is 0 Å². The van der Waals surface area contributed by atoms with E-state index in [1.54, 1.807) is 0 Å². The van der Waals surface area contributed by atoms with Crippen molar-refractivity contribution in [2.24, 2.45) is 0 Å². The molecule has 0 atom stereocenters. The van der Waals surface area contributed by atoms with Crippen LogP contribution >= 0.6 is 0 Å². The molecule has 5 heteroatoms. The van der Waals surface area contributed by atoms with Crippen LogP contribution in [-0.2, 0) is 19.0 Å². The molecule has 1 saturated carbocycles. The first kappa shape index (κ1) is 13.4. The molecule has 2 aliphatic rings. The first-order chi connectivity index (χ1) is 8.66. The second-order valence-electron chi connectivity index (χ2n) is 5.02. The molecule has 1 aliphatic carbocycles. The number of rotatable bonds is 4. The van der Waals surface area contributed by atoms with E-state index >= 15 is 0 Å². The molecule has 1 heterocycles. The van der Waals surface area contributed by atoms with Gasteiger partial charge in [0.2, 0.25) is 6.41 Å². The van der Waals surface area contributed by atoms with Gasteiger partial charge in [0, 0.05) is 12.8 Å². The van der Waals surface area contributed by atoms with Crippen molar-refractivity contribution in [2.45, 2.75) is 43.4 Å². The Morgan fingerprint density at radius 3 is 2.39 bits per heavy atom. The fourth-order valence-corrected chi connectivity index (χ4v) is 2.60. The van der Waals surface area contributed by atoms with Crippen LogP contribution in [0.25, 0.3) is 0 Å². The molecule has 0 bridgehead atoms. The highest BCUT2D eigenvalue weighted by molar-refractivity contribution is 5.50. The molecule has 2 rings (SSSR count). The number of ether oxygens (including phenoxy) is 3. The minimum atomic E-state index is -0.765. The number of nitrogens with one attached hydrogen (secondary N) is 1. The average molecular weight is 255 g/mol. The zero-order valence-electron chi connectivity index (χ0n) is 10.9. The van der Waals surface area contributed by atoms with Crippen molar-refractivity contribution in [3.8, 4) is 0 Å². The van der Waals surface area contributed by atoms with Crippen LogP contribution in [0.15, 0.2) is 12.3 Å². The van der Waals surface area contributed by atoms with E-state index < -0.39 is 11.3 Å². The topological polar surface area (TPSA) is 56.8 Å². The van der Waals surface area contributed by atoms with E-state index in [2.05, 4.69) is 11.9 Å². The Balaban J connectivity index is 2.05. The van der Waals surface area contributed by atoms with Crippen LogP contribution in [0.5, 0.6) is 0 Å². The predicted molar refractivity (Wildman–Crippen MR) is 65.8 cm³/mol. The molecule has 1 spiro atoms. The second kappa shape index (κ2) is 5.28. The molecular formula is C13H21NO4. The lowest BCUT2D eigenvalue weighted by molar-refractivity contribution is -0.300. The van der Waals surface area contributed by atoms with Crippen LogP contribution in [0.2, 0.25) is 0 Å². The largest absolute Gasteiger partial charge is 0.499 e. The van der Waals surface area contributed by atoms with Gasteiger partial charge in [-0.3, -0.25) is 4.79 Å². The summed E-state index contributed by atoms with van der Waals surface area (Å²) >= 11 is 0. The Hall–Kier alpha value is -1.07. The molecule has 2 fully saturated rings. The summed E-state index contributed by atoms with van der Waals surface area (Å²) < 4.78 is 17.0. The summed E-state index contributed by atoms with van der Waals surface area (Å²) in [5, 5.41) is 2.72. The van der Waals surface area contributed by atoms with E-state index in [-0.39, 0.29) is 0 Å². The fraction of sp³-hybridized carbons (Fsp3) is 0.769. The first-order valence-corrected chi connectivity index (χ1v) is 6.39.